The molecule has 58 valence electrons. The van der Waals surface area contributed by atoms with Crippen LogP contribution in [0.3, 0.4) is 0 Å². The maximum Gasteiger partial charge on any atom is 0.306 e. The van der Waals surface area contributed by atoms with Gasteiger partial charge in [-0.25, -0.2) is 0 Å². The van der Waals surface area contributed by atoms with Gasteiger partial charge in [0.25, 0.3) is 0 Å². The molecule has 3 heteroatoms. The SMILES string of the molecule is O=C(O)C(CCS)C1CC1. The molecule has 1 saturated carbocycles. The molecule has 0 bridgehead atoms. The molecule has 1 rings (SSSR count). The van der Waals surface area contributed by atoms with Crippen LogP contribution in [-0.4, -0.2) is 16.8 Å². The van der Waals surface area contributed by atoms with Crippen LogP contribution in [-0.2, 0) is 4.79 Å². The highest BCUT2D eigenvalue weighted by Gasteiger charge is 2.35. The highest BCUT2D eigenvalue weighted by molar-refractivity contribution is 7.80. The molecule has 0 aromatic rings. The van der Waals surface area contributed by atoms with E-state index in [0.29, 0.717) is 11.7 Å². The Morgan fingerprint density at radius 1 is 1.70 bits per heavy atom. The van der Waals surface area contributed by atoms with Crippen molar-refractivity contribution < 1.29 is 9.90 Å². The standard InChI is InChI=1S/C7H12O2S/c8-7(9)6(3-4-10)5-1-2-5/h5-6,10H,1-4H2,(H,8,9). The summed E-state index contributed by atoms with van der Waals surface area (Å²) in [5.74, 6) is 0.395. The minimum absolute atomic E-state index is 0.113. The monoisotopic (exact) mass is 160 g/mol. The number of hydrogen-bond donors (Lipinski definition) is 2. The van der Waals surface area contributed by atoms with Crippen LogP contribution in [0.1, 0.15) is 19.3 Å². The third-order valence-electron chi connectivity index (χ3n) is 1.95. The molecule has 1 N–H and O–H groups in total. The van der Waals surface area contributed by atoms with Crippen LogP contribution in [0.25, 0.3) is 0 Å². The molecule has 10 heavy (non-hydrogen) atoms. The number of carboxylic acid groups (broad SMARTS) is 1. The van der Waals surface area contributed by atoms with Gasteiger partial charge in [-0.3, -0.25) is 4.79 Å². The van der Waals surface area contributed by atoms with Gasteiger partial charge in [0.2, 0.25) is 0 Å². The van der Waals surface area contributed by atoms with Crippen molar-refractivity contribution >= 4 is 18.6 Å². The van der Waals surface area contributed by atoms with Crippen LogP contribution in [0.5, 0.6) is 0 Å². The Labute approximate surface area is 66.0 Å². The maximum atomic E-state index is 10.5. The summed E-state index contributed by atoms with van der Waals surface area (Å²) in [6.45, 7) is 0. The molecule has 0 heterocycles. The first kappa shape index (κ1) is 7.92. The van der Waals surface area contributed by atoms with Crippen molar-refractivity contribution in [2.24, 2.45) is 11.8 Å². The summed E-state index contributed by atoms with van der Waals surface area (Å²) in [7, 11) is 0. The van der Waals surface area contributed by atoms with Gasteiger partial charge in [0.15, 0.2) is 0 Å². The Morgan fingerprint density at radius 2 is 2.30 bits per heavy atom. The van der Waals surface area contributed by atoms with Crippen LogP contribution in [0.15, 0.2) is 0 Å². The Kier molecular flexibility index (Phi) is 2.60. The zero-order valence-electron chi connectivity index (χ0n) is 5.79. The lowest BCUT2D eigenvalue weighted by Crippen LogP contribution is -2.16. The lowest BCUT2D eigenvalue weighted by atomic mass is 10.0. The van der Waals surface area contributed by atoms with Crippen LogP contribution in [0.2, 0.25) is 0 Å². The van der Waals surface area contributed by atoms with E-state index >= 15 is 0 Å². The van der Waals surface area contributed by atoms with Crippen molar-refractivity contribution in [1.82, 2.24) is 0 Å². The van der Waals surface area contributed by atoms with E-state index in [1.54, 1.807) is 0 Å². The largest absolute Gasteiger partial charge is 0.481 e. The van der Waals surface area contributed by atoms with Gasteiger partial charge in [-0.1, -0.05) is 0 Å². The van der Waals surface area contributed by atoms with Crippen molar-refractivity contribution in [2.45, 2.75) is 19.3 Å². The summed E-state index contributed by atoms with van der Waals surface area (Å²) in [6.07, 6.45) is 2.93. The molecule has 0 spiro atoms. The molecule has 2 nitrogen and oxygen atoms in total. The number of hydrogen-bond acceptors (Lipinski definition) is 2. The number of thiol groups is 1. The van der Waals surface area contributed by atoms with Gasteiger partial charge in [-0.2, -0.15) is 12.6 Å². The molecule has 0 amide bonds. The van der Waals surface area contributed by atoms with E-state index in [2.05, 4.69) is 12.6 Å². The van der Waals surface area contributed by atoms with Gasteiger partial charge < -0.3 is 5.11 Å². The minimum atomic E-state index is -0.642. The van der Waals surface area contributed by atoms with Gasteiger partial charge in [0.1, 0.15) is 0 Å². The number of rotatable bonds is 4. The zero-order valence-corrected chi connectivity index (χ0v) is 6.68. The van der Waals surface area contributed by atoms with Crippen molar-refractivity contribution in [3.05, 3.63) is 0 Å². The van der Waals surface area contributed by atoms with Crippen LogP contribution >= 0.6 is 12.6 Å². The minimum Gasteiger partial charge on any atom is -0.481 e. The molecule has 1 unspecified atom stereocenters. The molecule has 1 fully saturated rings. The first-order chi connectivity index (χ1) is 4.75. The topological polar surface area (TPSA) is 37.3 Å². The summed E-state index contributed by atoms with van der Waals surface area (Å²) in [4.78, 5) is 10.5. The molecule has 1 aliphatic rings. The quantitative estimate of drug-likeness (QED) is 0.610. The molecule has 0 aromatic heterocycles. The average molecular weight is 160 g/mol. The molecule has 0 aliphatic heterocycles. The van der Waals surface area contributed by atoms with Crippen molar-refractivity contribution in [3.63, 3.8) is 0 Å². The Bertz CT molecular complexity index is 132. The Hall–Kier alpha value is -0.180. The van der Waals surface area contributed by atoms with E-state index in [1.807, 2.05) is 0 Å². The fraction of sp³-hybridized carbons (Fsp3) is 0.857. The van der Waals surface area contributed by atoms with E-state index in [1.165, 1.54) is 0 Å². The molecular formula is C7H12O2S. The molecule has 0 saturated heterocycles. The van der Waals surface area contributed by atoms with E-state index in [4.69, 9.17) is 5.11 Å². The summed E-state index contributed by atoms with van der Waals surface area (Å²) >= 11 is 4.01. The van der Waals surface area contributed by atoms with Crippen molar-refractivity contribution in [3.8, 4) is 0 Å². The second-order valence-electron chi connectivity index (χ2n) is 2.79. The molecular weight excluding hydrogens is 148 g/mol. The summed E-state index contributed by atoms with van der Waals surface area (Å²) in [6, 6.07) is 0. The van der Waals surface area contributed by atoms with Crippen LogP contribution in [0.4, 0.5) is 0 Å². The van der Waals surface area contributed by atoms with E-state index < -0.39 is 5.97 Å². The third kappa shape index (κ3) is 1.90. The van der Waals surface area contributed by atoms with Crippen LogP contribution < -0.4 is 0 Å². The molecule has 0 radical (unpaired) electrons. The lowest BCUT2D eigenvalue weighted by Gasteiger charge is -2.07. The lowest BCUT2D eigenvalue weighted by molar-refractivity contribution is -0.142. The van der Waals surface area contributed by atoms with E-state index in [-0.39, 0.29) is 5.92 Å². The first-order valence-corrected chi connectivity index (χ1v) is 4.22. The van der Waals surface area contributed by atoms with Gasteiger partial charge in [-0.15, -0.1) is 0 Å². The second-order valence-corrected chi connectivity index (χ2v) is 3.24. The maximum absolute atomic E-state index is 10.5. The number of carboxylic acids is 1. The van der Waals surface area contributed by atoms with Gasteiger partial charge >= 0.3 is 5.97 Å². The van der Waals surface area contributed by atoms with Crippen LogP contribution in [0, 0.1) is 11.8 Å². The van der Waals surface area contributed by atoms with Crippen molar-refractivity contribution in [1.29, 1.82) is 0 Å². The highest BCUT2D eigenvalue weighted by Crippen LogP contribution is 2.38. The summed E-state index contributed by atoms with van der Waals surface area (Å²) in [5.41, 5.74) is 0. The third-order valence-corrected chi connectivity index (χ3v) is 2.21. The predicted octanol–water partition coefficient (Wildman–Crippen LogP) is 1.42. The zero-order chi connectivity index (χ0) is 7.56. The van der Waals surface area contributed by atoms with E-state index in [9.17, 15) is 4.79 Å². The summed E-state index contributed by atoms with van der Waals surface area (Å²) < 4.78 is 0. The van der Waals surface area contributed by atoms with Gasteiger partial charge in [0, 0.05) is 0 Å². The fourth-order valence-electron chi connectivity index (χ4n) is 1.20. The normalized spacial score (nSPS) is 20.5. The molecule has 0 aromatic carbocycles. The average Bonchev–Trinajstić information content (AvgIpc) is 2.63. The van der Waals surface area contributed by atoms with E-state index in [0.717, 1.165) is 19.3 Å². The predicted molar refractivity (Wildman–Crippen MR) is 42.3 cm³/mol. The Balaban J connectivity index is 2.34. The number of carbonyl (C=O) groups is 1. The molecule has 1 atom stereocenters. The number of aliphatic carboxylic acids is 1. The summed E-state index contributed by atoms with van der Waals surface area (Å²) in [5, 5.41) is 8.68. The smallest absolute Gasteiger partial charge is 0.306 e. The van der Waals surface area contributed by atoms with Gasteiger partial charge in [0.05, 0.1) is 5.92 Å². The van der Waals surface area contributed by atoms with Gasteiger partial charge in [-0.05, 0) is 30.9 Å². The Morgan fingerprint density at radius 3 is 2.60 bits per heavy atom. The first-order valence-electron chi connectivity index (χ1n) is 3.59. The fourth-order valence-corrected chi connectivity index (χ4v) is 1.48. The van der Waals surface area contributed by atoms with Crippen molar-refractivity contribution in [2.75, 3.05) is 5.75 Å². The second kappa shape index (κ2) is 3.28. The highest BCUT2D eigenvalue weighted by atomic mass is 32.1. The molecule has 1 aliphatic carbocycles.